The molecule has 2 heterocycles. The second kappa shape index (κ2) is 6.60. The molecule has 1 fully saturated rings. The number of carbonyl (C=O) groups excluding carboxylic acids is 2. The standard InChI is InChI=1S/C16H19N5O2/c1-2-20-9-13(7-15(20)22)16(23)19-14-5-3-12(4-6-14)8-21-11-17-10-18-21/h3-6,10-11,13H,2,7-9H2,1H3,(H,19,23). The van der Waals surface area contributed by atoms with Crippen LogP contribution in [0.1, 0.15) is 18.9 Å². The van der Waals surface area contributed by atoms with Gasteiger partial charge in [-0.25, -0.2) is 9.67 Å². The molecule has 0 spiro atoms. The number of nitrogens with zero attached hydrogens (tertiary/aromatic N) is 4. The zero-order valence-corrected chi connectivity index (χ0v) is 13.0. The van der Waals surface area contributed by atoms with Crippen LogP contribution in [0.25, 0.3) is 0 Å². The highest BCUT2D eigenvalue weighted by Gasteiger charge is 2.33. The number of benzene rings is 1. The molecule has 7 heteroatoms. The highest BCUT2D eigenvalue weighted by molar-refractivity contribution is 5.97. The van der Waals surface area contributed by atoms with Crippen molar-refractivity contribution < 1.29 is 9.59 Å². The molecule has 1 unspecified atom stereocenters. The third-order valence-electron chi connectivity index (χ3n) is 4.00. The summed E-state index contributed by atoms with van der Waals surface area (Å²) < 4.78 is 1.73. The first-order valence-electron chi connectivity index (χ1n) is 7.65. The van der Waals surface area contributed by atoms with Gasteiger partial charge in [-0.1, -0.05) is 12.1 Å². The van der Waals surface area contributed by atoms with Crippen molar-refractivity contribution in [3.8, 4) is 0 Å². The Morgan fingerprint density at radius 1 is 1.35 bits per heavy atom. The Kier molecular flexibility index (Phi) is 4.36. The van der Waals surface area contributed by atoms with Gasteiger partial charge < -0.3 is 10.2 Å². The van der Waals surface area contributed by atoms with E-state index in [9.17, 15) is 9.59 Å². The van der Waals surface area contributed by atoms with Gasteiger partial charge in [-0.2, -0.15) is 5.10 Å². The van der Waals surface area contributed by atoms with Crippen LogP contribution in [-0.4, -0.2) is 44.6 Å². The van der Waals surface area contributed by atoms with Crippen LogP contribution in [0.3, 0.4) is 0 Å². The Hall–Kier alpha value is -2.70. The molecule has 3 rings (SSSR count). The van der Waals surface area contributed by atoms with E-state index < -0.39 is 0 Å². The van der Waals surface area contributed by atoms with Crippen molar-refractivity contribution in [2.24, 2.45) is 5.92 Å². The van der Waals surface area contributed by atoms with Gasteiger partial charge in [0.2, 0.25) is 11.8 Å². The van der Waals surface area contributed by atoms with Gasteiger partial charge in [0, 0.05) is 25.2 Å². The molecule has 2 aromatic rings. The smallest absolute Gasteiger partial charge is 0.229 e. The van der Waals surface area contributed by atoms with Crippen LogP contribution in [-0.2, 0) is 16.1 Å². The van der Waals surface area contributed by atoms with Gasteiger partial charge in [0.25, 0.3) is 0 Å². The van der Waals surface area contributed by atoms with Crippen LogP contribution in [0.2, 0.25) is 0 Å². The lowest BCUT2D eigenvalue weighted by Crippen LogP contribution is -2.28. The monoisotopic (exact) mass is 313 g/mol. The number of nitrogens with one attached hydrogen (secondary N) is 1. The molecule has 1 saturated heterocycles. The van der Waals surface area contributed by atoms with Gasteiger partial charge in [0.05, 0.1) is 12.5 Å². The molecule has 1 aliphatic rings. The lowest BCUT2D eigenvalue weighted by molar-refractivity contribution is -0.128. The molecule has 0 saturated carbocycles. The van der Waals surface area contributed by atoms with Crippen molar-refractivity contribution in [2.45, 2.75) is 19.9 Å². The Morgan fingerprint density at radius 2 is 2.13 bits per heavy atom. The third kappa shape index (κ3) is 3.56. The van der Waals surface area contributed by atoms with Crippen molar-refractivity contribution in [1.82, 2.24) is 19.7 Å². The largest absolute Gasteiger partial charge is 0.342 e. The molecule has 120 valence electrons. The van der Waals surface area contributed by atoms with E-state index in [2.05, 4.69) is 15.4 Å². The molecule has 2 amide bonds. The average molecular weight is 313 g/mol. The summed E-state index contributed by atoms with van der Waals surface area (Å²) in [6.45, 7) is 3.72. The van der Waals surface area contributed by atoms with Gasteiger partial charge >= 0.3 is 0 Å². The average Bonchev–Trinajstić information content (AvgIpc) is 3.18. The number of hydrogen-bond donors (Lipinski definition) is 1. The number of aromatic nitrogens is 3. The maximum atomic E-state index is 12.3. The second-order valence-electron chi connectivity index (χ2n) is 5.61. The molecule has 1 N–H and O–H groups in total. The van der Waals surface area contributed by atoms with E-state index in [4.69, 9.17) is 0 Å². The fraction of sp³-hybridized carbons (Fsp3) is 0.375. The lowest BCUT2D eigenvalue weighted by Gasteiger charge is -2.13. The summed E-state index contributed by atoms with van der Waals surface area (Å²) in [4.78, 5) is 29.6. The topological polar surface area (TPSA) is 80.1 Å². The molecule has 1 aliphatic heterocycles. The summed E-state index contributed by atoms with van der Waals surface area (Å²) in [5.74, 6) is -0.313. The number of hydrogen-bond acceptors (Lipinski definition) is 4. The number of likely N-dealkylation sites (tertiary alicyclic amines) is 1. The summed E-state index contributed by atoms with van der Waals surface area (Å²) in [5, 5.41) is 6.94. The quantitative estimate of drug-likeness (QED) is 0.897. The fourth-order valence-corrected chi connectivity index (χ4v) is 2.69. The highest BCUT2D eigenvalue weighted by Crippen LogP contribution is 2.20. The molecular formula is C16H19N5O2. The van der Waals surface area contributed by atoms with Crippen molar-refractivity contribution in [2.75, 3.05) is 18.4 Å². The van der Waals surface area contributed by atoms with Gasteiger partial charge in [-0.05, 0) is 24.6 Å². The first-order valence-corrected chi connectivity index (χ1v) is 7.65. The van der Waals surface area contributed by atoms with Gasteiger partial charge in [0.1, 0.15) is 12.7 Å². The zero-order chi connectivity index (χ0) is 16.2. The third-order valence-corrected chi connectivity index (χ3v) is 4.00. The van der Waals surface area contributed by atoms with E-state index in [-0.39, 0.29) is 17.7 Å². The van der Waals surface area contributed by atoms with E-state index in [1.54, 1.807) is 15.9 Å². The Balaban J connectivity index is 1.58. The first kappa shape index (κ1) is 15.2. The van der Waals surface area contributed by atoms with Crippen molar-refractivity contribution >= 4 is 17.5 Å². The summed E-state index contributed by atoms with van der Waals surface area (Å²) in [7, 11) is 0. The van der Waals surface area contributed by atoms with E-state index in [1.165, 1.54) is 6.33 Å². The molecule has 1 aromatic heterocycles. The minimum absolute atomic E-state index is 0.0517. The predicted molar refractivity (Wildman–Crippen MR) is 84.6 cm³/mol. The van der Waals surface area contributed by atoms with Crippen LogP contribution in [0, 0.1) is 5.92 Å². The Bertz CT molecular complexity index is 681. The minimum atomic E-state index is -0.266. The van der Waals surface area contributed by atoms with Crippen molar-refractivity contribution in [3.05, 3.63) is 42.5 Å². The normalized spacial score (nSPS) is 17.5. The molecule has 0 bridgehead atoms. The molecular weight excluding hydrogens is 294 g/mol. The fourth-order valence-electron chi connectivity index (χ4n) is 2.69. The van der Waals surface area contributed by atoms with Crippen LogP contribution < -0.4 is 5.32 Å². The highest BCUT2D eigenvalue weighted by atomic mass is 16.2. The first-order chi connectivity index (χ1) is 11.2. The molecule has 7 nitrogen and oxygen atoms in total. The van der Waals surface area contributed by atoms with Crippen molar-refractivity contribution in [1.29, 1.82) is 0 Å². The maximum Gasteiger partial charge on any atom is 0.229 e. The zero-order valence-electron chi connectivity index (χ0n) is 13.0. The Labute approximate surface area is 134 Å². The second-order valence-corrected chi connectivity index (χ2v) is 5.61. The predicted octanol–water partition coefficient (Wildman–Crippen LogP) is 1.13. The van der Waals surface area contributed by atoms with Gasteiger partial charge in [0.15, 0.2) is 0 Å². The van der Waals surface area contributed by atoms with E-state index in [0.717, 1.165) is 11.3 Å². The maximum absolute atomic E-state index is 12.3. The van der Waals surface area contributed by atoms with Crippen LogP contribution in [0.15, 0.2) is 36.9 Å². The summed E-state index contributed by atoms with van der Waals surface area (Å²) in [6, 6.07) is 7.60. The molecule has 1 aromatic carbocycles. The summed E-state index contributed by atoms with van der Waals surface area (Å²) in [5.41, 5.74) is 1.81. The van der Waals surface area contributed by atoms with Crippen molar-refractivity contribution in [3.63, 3.8) is 0 Å². The van der Waals surface area contributed by atoms with Crippen LogP contribution in [0.5, 0.6) is 0 Å². The van der Waals surface area contributed by atoms with E-state index in [1.807, 2.05) is 31.2 Å². The lowest BCUT2D eigenvalue weighted by atomic mass is 10.1. The Morgan fingerprint density at radius 3 is 2.74 bits per heavy atom. The van der Waals surface area contributed by atoms with Gasteiger partial charge in [-0.3, -0.25) is 9.59 Å². The van der Waals surface area contributed by atoms with E-state index in [0.29, 0.717) is 26.1 Å². The van der Waals surface area contributed by atoms with Crippen LogP contribution >= 0.6 is 0 Å². The van der Waals surface area contributed by atoms with Crippen LogP contribution in [0.4, 0.5) is 5.69 Å². The summed E-state index contributed by atoms with van der Waals surface area (Å²) in [6.07, 6.45) is 3.45. The summed E-state index contributed by atoms with van der Waals surface area (Å²) >= 11 is 0. The molecule has 1 atom stereocenters. The number of anilines is 1. The number of carbonyl (C=O) groups is 2. The van der Waals surface area contributed by atoms with Gasteiger partial charge in [-0.15, -0.1) is 0 Å². The number of amides is 2. The molecule has 0 aliphatic carbocycles. The minimum Gasteiger partial charge on any atom is -0.342 e. The molecule has 0 radical (unpaired) electrons. The molecule has 23 heavy (non-hydrogen) atoms. The van der Waals surface area contributed by atoms with E-state index >= 15 is 0 Å². The number of rotatable bonds is 5. The SMILES string of the molecule is CCN1CC(C(=O)Nc2ccc(Cn3cncn3)cc2)CC1=O.